The number of benzene rings is 1. The van der Waals surface area contributed by atoms with Crippen LogP contribution in [0.3, 0.4) is 0 Å². The maximum atomic E-state index is 13.9. The summed E-state index contributed by atoms with van der Waals surface area (Å²) in [4.78, 5) is 9.84. The Morgan fingerprint density at radius 2 is 2.04 bits per heavy atom. The molecule has 0 aromatic heterocycles. The van der Waals surface area contributed by atoms with Gasteiger partial charge in [0.15, 0.2) is 0 Å². The first-order valence-electron chi connectivity index (χ1n) is 7.42. The molecule has 1 aromatic rings. The second-order valence-corrected chi connectivity index (χ2v) is 8.23. The van der Waals surface area contributed by atoms with Gasteiger partial charge in [0.2, 0.25) is 10.0 Å². The van der Waals surface area contributed by atoms with Crippen LogP contribution in [0.15, 0.2) is 17.0 Å². The van der Waals surface area contributed by atoms with Crippen molar-refractivity contribution in [3.8, 4) is 0 Å². The van der Waals surface area contributed by atoms with Crippen molar-refractivity contribution in [3.05, 3.63) is 33.6 Å². The number of nitro groups is 1. The van der Waals surface area contributed by atoms with Gasteiger partial charge in [-0.15, -0.1) is 0 Å². The first-order valence-corrected chi connectivity index (χ1v) is 8.86. The van der Waals surface area contributed by atoms with Gasteiger partial charge in [-0.2, -0.15) is 4.31 Å². The van der Waals surface area contributed by atoms with Crippen LogP contribution in [0.2, 0.25) is 0 Å². The molecule has 2 N–H and O–H groups in total. The largest absolute Gasteiger partial charge is 0.327 e. The van der Waals surface area contributed by atoms with Crippen molar-refractivity contribution in [3.63, 3.8) is 0 Å². The summed E-state index contributed by atoms with van der Waals surface area (Å²) in [6.07, 6.45) is 1.76. The van der Waals surface area contributed by atoms with E-state index in [0.717, 1.165) is 25.0 Å². The van der Waals surface area contributed by atoms with E-state index in [9.17, 15) is 22.9 Å². The minimum atomic E-state index is -3.97. The molecule has 0 radical (unpaired) electrons. The normalized spacial score (nSPS) is 28.0. The van der Waals surface area contributed by atoms with Crippen LogP contribution in [0.25, 0.3) is 0 Å². The summed E-state index contributed by atoms with van der Waals surface area (Å²) in [6.45, 7) is 1.88. The number of hydrogen-bond donors (Lipinski definition) is 1. The van der Waals surface area contributed by atoms with Crippen LogP contribution >= 0.6 is 0 Å². The smallest absolute Gasteiger partial charge is 0.276 e. The van der Waals surface area contributed by atoms with Crippen LogP contribution in [-0.2, 0) is 10.0 Å². The van der Waals surface area contributed by atoms with Crippen molar-refractivity contribution in [2.45, 2.75) is 30.7 Å². The maximum absolute atomic E-state index is 13.9. The standard InChI is InChI=1S/C14H18FN3O4S/c1-8-12(15)4-10(5-14(8)18(19)20)23(21,22)17-6-9-2-3-13(16)11(9)7-17/h4-5,9,11,13H,2-3,6-7,16H2,1H3. The molecule has 1 aliphatic carbocycles. The third-order valence-electron chi connectivity index (χ3n) is 5.00. The lowest BCUT2D eigenvalue weighted by molar-refractivity contribution is -0.385. The molecule has 3 atom stereocenters. The van der Waals surface area contributed by atoms with E-state index in [2.05, 4.69) is 0 Å². The van der Waals surface area contributed by atoms with Crippen LogP contribution < -0.4 is 5.73 Å². The van der Waals surface area contributed by atoms with E-state index in [-0.39, 0.29) is 34.9 Å². The summed E-state index contributed by atoms with van der Waals surface area (Å²) >= 11 is 0. The number of hydrogen-bond acceptors (Lipinski definition) is 5. The van der Waals surface area contributed by atoms with Crippen molar-refractivity contribution in [2.24, 2.45) is 17.6 Å². The fourth-order valence-corrected chi connectivity index (χ4v) is 5.16. The van der Waals surface area contributed by atoms with Crippen LogP contribution in [0.4, 0.5) is 10.1 Å². The third kappa shape index (κ3) is 2.62. The first-order chi connectivity index (χ1) is 10.7. The molecule has 2 aliphatic rings. The molecular formula is C14H18FN3O4S. The van der Waals surface area contributed by atoms with E-state index in [1.54, 1.807) is 0 Å². The zero-order valence-electron chi connectivity index (χ0n) is 12.6. The fourth-order valence-electron chi connectivity index (χ4n) is 3.59. The lowest BCUT2D eigenvalue weighted by Gasteiger charge is -2.19. The predicted molar refractivity (Wildman–Crippen MR) is 80.7 cm³/mol. The quantitative estimate of drug-likeness (QED) is 0.659. The average Bonchev–Trinajstić information content (AvgIpc) is 3.04. The molecule has 1 aromatic carbocycles. The molecule has 3 unspecified atom stereocenters. The molecule has 2 fully saturated rings. The maximum Gasteiger partial charge on any atom is 0.276 e. The van der Waals surface area contributed by atoms with E-state index < -0.39 is 26.5 Å². The SMILES string of the molecule is Cc1c(F)cc(S(=O)(=O)N2CC3CCC(N)C3C2)cc1[N+](=O)[O-]. The Kier molecular flexibility index (Phi) is 3.89. The number of nitro benzene ring substituents is 1. The molecule has 1 saturated carbocycles. The van der Waals surface area contributed by atoms with E-state index in [4.69, 9.17) is 5.73 Å². The molecule has 1 aliphatic heterocycles. The molecule has 1 saturated heterocycles. The summed E-state index contributed by atoms with van der Waals surface area (Å²) in [5.41, 5.74) is 5.30. The van der Waals surface area contributed by atoms with Gasteiger partial charge >= 0.3 is 0 Å². The average molecular weight is 343 g/mol. The Hall–Kier alpha value is -1.58. The van der Waals surface area contributed by atoms with Gasteiger partial charge in [-0.1, -0.05) is 0 Å². The van der Waals surface area contributed by atoms with Crippen LogP contribution in [0.1, 0.15) is 18.4 Å². The van der Waals surface area contributed by atoms with Gasteiger partial charge in [0.25, 0.3) is 5.69 Å². The lowest BCUT2D eigenvalue weighted by atomic mass is 9.98. The molecule has 7 nitrogen and oxygen atoms in total. The number of nitrogens with two attached hydrogens (primary N) is 1. The molecular weight excluding hydrogens is 325 g/mol. The highest BCUT2D eigenvalue weighted by atomic mass is 32.2. The van der Waals surface area contributed by atoms with Crippen molar-refractivity contribution in [1.29, 1.82) is 0 Å². The highest BCUT2D eigenvalue weighted by Gasteiger charge is 2.45. The second kappa shape index (κ2) is 5.50. The fraction of sp³-hybridized carbons (Fsp3) is 0.571. The van der Waals surface area contributed by atoms with Crippen molar-refractivity contribution >= 4 is 15.7 Å². The second-order valence-electron chi connectivity index (χ2n) is 6.29. The third-order valence-corrected chi connectivity index (χ3v) is 6.81. The molecule has 0 bridgehead atoms. The summed E-state index contributed by atoms with van der Waals surface area (Å²) in [6, 6.07) is 1.76. The predicted octanol–water partition coefficient (Wildman–Crippen LogP) is 1.40. The van der Waals surface area contributed by atoms with E-state index in [1.165, 1.54) is 11.2 Å². The Bertz CT molecular complexity index is 768. The van der Waals surface area contributed by atoms with Crippen LogP contribution in [0.5, 0.6) is 0 Å². The minimum Gasteiger partial charge on any atom is -0.327 e. The molecule has 9 heteroatoms. The number of fused-ring (bicyclic) bond motifs is 1. The van der Waals surface area contributed by atoms with E-state index >= 15 is 0 Å². The Labute approximate surface area is 133 Å². The summed E-state index contributed by atoms with van der Waals surface area (Å²) < 4.78 is 40.6. The number of sulfonamides is 1. The molecule has 1 heterocycles. The van der Waals surface area contributed by atoms with E-state index in [1.807, 2.05) is 0 Å². The summed E-state index contributed by atoms with van der Waals surface area (Å²) in [5.74, 6) is -0.575. The summed E-state index contributed by atoms with van der Waals surface area (Å²) in [7, 11) is -3.97. The van der Waals surface area contributed by atoms with Gasteiger partial charge < -0.3 is 5.73 Å². The zero-order chi connectivity index (χ0) is 16.9. The van der Waals surface area contributed by atoms with Gasteiger partial charge in [-0.25, -0.2) is 12.8 Å². The van der Waals surface area contributed by atoms with Crippen LogP contribution in [-0.4, -0.2) is 36.8 Å². The molecule has 126 valence electrons. The topological polar surface area (TPSA) is 107 Å². The van der Waals surface area contributed by atoms with Crippen molar-refractivity contribution in [2.75, 3.05) is 13.1 Å². The van der Waals surface area contributed by atoms with Crippen LogP contribution in [0, 0.1) is 34.7 Å². The zero-order valence-corrected chi connectivity index (χ0v) is 13.4. The van der Waals surface area contributed by atoms with Gasteiger partial charge in [0.1, 0.15) is 5.82 Å². The number of nitrogens with zero attached hydrogens (tertiary/aromatic N) is 2. The molecule has 0 spiro atoms. The van der Waals surface area contributed by atoms with Crippen molar-refractivity contribution < 1.29 is 17.7 Å². The number of rotatable bonds is 3. The molecule has 0 amide bonds. The Morgan fingerprint density at radius 1 is 1.35 bits per heavy atom. The molecule has 3 rings (SSSR count). The Morgan fingerprint density at radius 3 is 2.65 bits per heavy atom. The summed E-state index contributed by atoms with van der Waals surface area (Å²) in [5, 5.41) is 11.0. The highest BCUT2D eigenvalue weighted by molar-refractivity contribution is 7.89. The van der Waals surface area contributed by atoms with Gasteiger partial charge in [-0.05, 0) is 37.7 Å². The van der Waals surface area contributed by atoms with Crippen molar-refractivity contribution in [1.82, 2.24) is 4.31 Å². The first kappa shape index (κ1) is 16.3. The highest BCUT2D eigenvalue weighted by Crippen LogP contribution is 2.39. The van der Waals surface area contributed by atoms with Gasteiger partial charge in [-0.3, -0.25) is 10.1 Å². The van der Waals surface area contributed by atoms with Gasteiger partial charge in [0, 0.05) is 25.2 Å². The Balaban J connectivity index is 1.96. The van der Waals surface area contributed by atoms with E-state index in [0.29, 0.717) is 6.54 Å². The monoisotopic (exact) mass is 343 g/mol. The molecule has 23 heavy (non-hydrogen) atoms. The number of halogens is 1. The lowest BCUT2D eigenvalue weighted by Crippen LogP contribution is -2.33. The minimum absolute atomic E-state index is 0.0238. The van der Waals surface area contributed by atoms with Gasteiger partial charge in [0.05, 0.1) is 15.4 Å².